The van der Waals surface area contributed by atoms with E-state index in [2.05, 4.69) is 11.5 Å². The van der Waals surface area contributed by atoms with Crippen LogP contribution < -0.4 is 6.15 Å². The molecule has 0 heterocycles. The molecule has 3 nitrogen and oxygen atoms in total. The first kappa shape index (κ1) is 15.8. The maximum Gasteiger partial charge on any atom is 0.566 e. The van der Waals surface area contributed by atoms with Gasteiger partial charge in [0.05, 0.1) is 0 Å². The van der Waals surface area contributed by atoms with Gasteiger partial charge in [-0.1, -0.05) is 0 Å². The van der Waals surface area contributed by atoms with E-state index in [0.717, 1.165) is 0 Å². The number of hydrogen-bond donors (Lipinski definition) is 3. The van der Waals surface area contributed by atoms with Crippen molar-refractivity contribution in [3.63, 3.8) is 0 Å². The third kappa shape index (κ3) is 98.2. The summed E-state index contributed by atoms with van der Waals surface area (Å²) in [5.41, 5.74) is 0. The Kier molecular flexibility index (Phi) is 24.5. The Morgan fingerprint density at radius 2 is 1.33 bits per heavy atom. The fourth-order valence-corrected chi connectivity index (χ4v) is 0. The van der Waals surface area contributed by atoms with E-state index in [1.807, 2.05) is 0 Å². The van der Waals surface area contributed by atoms with E-state index in [1.165, 1.54) is 0 Å². The van der Waals surface area contributed by atoms with E-state index in [-0.39, 0.29) is 25.6 Å². The molecule has 0 aliphatic heterocycles. The Hall–Kier alpha value is 0.858. The molecule has 0 fully saturated rings. The molecule has 0 rings (SSSR count). The molecule has 0 saturated carbocycles. The SMILES string of the molecule is N.OB(O)Cl.[Zn]. The second kappa shape index (κ2) is 9.29. The zero-order chi connectivity index (χ0) is 3.58. The summed E-state index contributed by atoms with van der Waals surface area (Å²) in [6, 6.07) is 0. The van der Waals surface area contributed by atoms with Crippen LogP contribution in [0.4, 0.5) is 0 Å². The molecular weight excluding hydrogens is 158 g/mol. The summed E-state index contributed by atoms with van der Waals surface area (Å²) >= 11 is 4.39. The molecule has 0 aromatic rings. The molecule has 0 aliphatic carbocycles. The number of hydrogen-bond acceptors (Lipinski definition) is 3. The maximum absolute atomic E-state index is 7.38. The van der Waals surface area contributed by atoms with Gasteiger partial charge >= 0.3 is 6.53 Å². The van der Waals surface area contributed by atoms with Crippen LogP contribution in [0.25, 0.3) is 0 Å². The van der Waals surface area contributed by atoms with Crippen molar-refractivity contribution in [3.05, 3.63) is 0 Å². The van der Waals surface area contributed by atoms with Crippen molar-refractivity contribution in [2.24, 2.45) is 0 Å². The van der Waals surface area contributed by atoms with Gasteiger partial charge in [0.1, 0.15) is 0 Å². The third-order valence-electron chi connectivity index (χ3n) is 0. The van der Waals surface area contributed by atoms with Crippen molar-refractivity contribution in [2.45, 2.75) is 0 Å². The number of halogens is 1. The molecule has 6 heteroatoms. The molecule has 0 radical (unpaired) electrons. The fraction of sp³-hybridized carbons (Fsp3) is 0. The minimum Gasteiger partial charge on any atom is -0.414 e. The Morgan fingerprint density at radius 3 is 1.33 bits per heavy atom. The molecule has 5 N–H and O–H groups in total. The topological polar surface area (TPSA) is 75.5 Å². The minimum absolute atomic E-state index is 0. The van der Waals surface area contributed by atoms with Crippen LogP contribution in [0.1, 0.15) is 0 Å². The van der Waals surface area contributed by atoms with Crippen LogP contribution in [0.15, 0.2) is 0 Å². The van der Waals surface area contributed by atoms with Gasteiger partial charge < -0.3 is 16.2 Å². The molecule has 0 aliphatic rings. The molecule has 0 aromatic heterocycles. The van der Waals surface area contributed by atoms with Crippen molar-refractivity contribution in [1.29, 1.82) is 0 Å². The average molecular weight is 163 g/mol. The molecule has 34 valence electrons. The second-order valence-electron chi connectivity index (χ2n) is 0.311. The summed E-state index contributed by atoms with van der Waals surface area (Å²) in [5, 5.41) is 14.8. The van der Waals surface area contributed by atoms with Gasteiger partial charge in [-0.15, -0.1) is 11.5 Å². The monoisotopic (exact) mass is 161 g/mol. The van der Waals surface area contributed by atoms with Gasteiger partial charge in [0, 0.05) is 19.5 Å². The first-order valence-electron chi connectivity index (χ1n) is 0.735. The molecule has 0 saturated heterocycles. The van der Waals surface area contributed by atoms with Gasteiger partial charge in [0.25, 0.3) is 0 Å². The van der Waals surface area contributed by atoms with E-state index in [9.17, 15) is 0 Å². The van der Waals surface area contributed by atoms with Crippen molar-refractivity contribution in [2.75, 3.05) is 0 Å². The van der Waals surface area contributed by atoms with Crippen molar-refractivity contribution in [1.82, 2.24) is 6.15 Å². The summed E-state index contributed by atoms with van der Waals surface area (Å²) in [4.78, 5) is 0. The quantitative estimate of drug-likeness (QED) is 0.415. The summed E-state index contributed by atoms with van der Waals surface area (Å²) in [5.74, 6) is 0. The van der Waals surface area contributed by atoms with Crippen molar-refractivity contribution >= 4 is 18.0 Å². The molecule has 0 atom stereocenters. The van der Waals surface area contributed by atoms with Gasteiger partial charge in [0.2, 0.25) is 0 Å². The Balaban J connectivity index is -0.0000000450. The normalized spacial score (nSPS) is 4.50. The summed E-state index contributed by atoms with van der Waals surface area (Å²) in [7, 11) is 0. The standard InChI is InChI=1S/BClH2O2.H3N.Zn/c2-1(3)4;;/h3-4H;1H3;. The predicted molar refractivity (Wildman–Crippen MR) is 21.1 cm³/mol. The van der Waals surface area contributed by atoms with Crippen LogP contribution in [0.5, 0.6) is 0 Å². The van der Waals surface area contributed by atoms with Gasteiger partial charge in [-0.2, -0.15) is 0 Å². The van der Waals surface area contributed by atoms with E-state index in [1.54, 1.807) is 0 Å². The second-order valence-corrected chi connectivity index (χ2v) is 0.701. The molecule has 0 amide bonds. The molecule has 0 unspecified atom stereocenters. The average Bonchev–Trinajstić information content (AvgIpc) is 0.811. The van der Waals surface area contributed by atoms with Crippen LogP contribution in [0.2, 0.25) is 0 Å². The first-order chi connectivity index (χ1) is 1.73. The number of rotatable bonds is 0. The van der Waals surface area contributed by atoms with Crippen LogP contribution in [0.3, 0.4) is 0 Å². The molecule has 0 bridgehead atoms. The van der Waals surface area contributed by atoms with Gasteiger partial charge in [-0.25, -0.2) is 0 Å². The van der Waals surface area contributed by atoms with Gasteiger partial charge in [-0.3, -0.25) is 0 Å². The van der Waals surface area contributed by atoms with Crippen LogP contribution in [0, 0.1) is 0 Å². The van der Waals surface area contributed by atoms with Crippen molar-refractivity contribution < 1.29 is 29.5 Å². The van der Waals surface area contributed by atoms with Crippen molar-refractivity contribution in [3.8, 4) is 0 Å². The first-order valence-corrected chi connectivity index (χ1v) is 1.17. The summed E-state index contributed by atoms with van der Waals surface area (Å²) < 4.78 is 0. The Morgan fingerprint density at radius 1 is 1.33 bits per heavy atom. The van der Waals surface area contributed by atoms with E-state index in [0.29, 0.717) is 0 Å². The van der Waals surface area contributed by atoms with Crippen LogP contribution >= 0.6 is 11.5 Å². The Bertz CT molecular complexity index is 18.3. The van der Waals surface area contributed by atoms with E-state index in [4.69, 9.17) is 10.0 Å². The zero-order valence-corrected chi connectivity index (χ0v) is 6.99. The van der Waals surface area contributed by atoms with Crippen LogP contribution in [-0.2, 0) is 19.5 Å². The fourth-order valence-electron chi connectivity index (χ4n) is 0. The largest absolute Gasteiger partial charge is 0.566 e. The van der Waals surface area contributed by atoms with Gasteiger partial charge in [0.15, 0.2) is 0 Å². The van der Waals surface area contributed by atoms with E-state index >= 15 is 0 Å². The van der Waals surface area contributed by atoms with E-state index < -0.39 is 6.53 Å². The van der Waals surface area contributed by atoms with Gasteiger partial charge in [-0.05, 0) is 0 Å². The van der Waals surface area contributed by atoms with Crippen LogP contribution in [-0.4, -0.2) is 16.6 Å². The maximum atomic E-state index is 7.38. The third-order valence-corrected chi connectivity index (χ3v) is 0. The Labute approximate surface area is 54.1 Å². The minimum atomic E-state index is -1.69. The molecule has 0 spiro atoms. The predicted octanol–water partition coefficient (Wildman–Crippen LogP) is -0.646. The summed E-state index contributed by atoms with van der Waals surface area (Å²) in [6.07, 6.45) is 0. The summed E-state index contributed by atoms with van der Waals surface area (Å²) in [6.45, 7) is -1.69. The molecular formula is H5BClNO2Zn. The molecule has 6 heavy (non-hydrogen) atoms. The smallest absolute Gasteiger partial charge is 0.414 e. The zero-order valence-electron chi connectivity index (χ0n) is 3.26. The molecule has 0 aromatic carbocycles.